The first-order chi connectivity index (χ1) is 10.9. The fraction of sp³-hybridized carbons (Fsp3) is 0.176. The quantitative estimate of drug-likeness (QED) is 0.793. The lowest BCUT2D eigenvalue weighted by Crippen LogP contribution is -2.22. The average Bonchev–Trinajstić information content (AvgIpc) is 2.48. The van der Waals surface area contributed by atoms with Crippen LogP contribution in [-0.4, -0.2) is 11.8 Å². The van der Waals surface area contributed by atoms with Gasteiger partial charge in [0, 0.05) is 21.4 Å². The minimum absolute atomic E-state index is 0.294. The third-order valence-corrected chi connectivity index (χ3v) is 4.22. The van der Waals surface area contributed by atoms with Crippen LogP contribution in [0.1, 0.15) is 17.5 Å². The summed E-state index contributed by atoms with van der Waals surface area (Å²) < 4.78 is 0. The van der Waals surface area contributed by atoms with Gasteiger partial charge in [0.1, 0.15) is 6.42 Å². The second-order valence-electron chi connectivity index (χ2n) is 5.10. The van der Waals surface area contributed by atoms with Gasteiger partial charge in [0.2, 0.25) is 11.8 Å². The number of anilines is 2. The molecule has 0 spiro atoms. The van der Waals surface area contributed by atoms with Crippen molar-refractivity contribution in [2.24, 2.45) is 0 Å². The molecule has 2 amide bonds. The highest BCUT2D eigenvalue weighted by Crippen LogP contribution is 2.24. The van der Waals surface area contributed by atoms with E-state index in [1.165, 1.54) is 0 Å². The van der Waals surface area contributed by atoms with Gasteiger partial charge in [0.25, 0.3) is 0 Å². The summed E-state index contributed by atoms with van der Waals surface area (Å²) in [6.07, 6.45) is -0.294. The summed E-state index contributed by atoms with van der Waals surface area (Å²) in [5.41, 5.74) is 2.70. The van der Waals surface area contributed by atoms with E-state index in [1.807, 2.05) is 0 Å². The molecule has 0 aliphatic rings. The second-order valence-corrected chi connectivity index (χ2v) is 5.91. The van der Waals surface area contributed by atoms with Gasteiger partial charge in [-0.15, -0.1) is 0 Å². The van der Waals surface area contributed by atoms with Gasteiger partial charge in [-0.3, -0.25) is 9.59 Å². The van der Waals surface area contributed by atoms with Crippen molar-refractivity contribution in [2.75, 3.05) is 10.6 Å². The van der Waals surface area contributed by atoms with E-state index in [0.717, 1.165) is 11.1 Å². The number of rotatable bonds is 4. The number of amides is 2. The van der Waals surface area contributed by atoms with Gasteiger partial charge in [-0.05, 0) is 49.2 Å². The van der Waals surface area contributed by atoms with Crippen LogP contribution < -0.4 is 10.6 Å². The fourth-order valence-corrected chi connectivity index (χ4v) is 2.37. The predicted octanol–water partition coefficient (Wildman–Crippen LogP) is 4.58. The molecule has 2 aromatic carbocycles. The molecule has 0 radical (unpaired) electrons. The van der Waals surface area contributed by atoms with Gasteiger partial charge >= 0.3 is 0 Å². The Bertz CT molecular complexity index is 697. The van der Waals surface area contributed by atoms with Crippen LogP contribution >= 0.6 is 23.2 Å². The molecule has 0 fully saturated rings. The largest absolute Gasteiger partial charge is 0.325 e. The van der Waals surface area contributed by atoms with Crippen LogP contribution in [0.5, 0.6) is 0 Å². The molecule has 0 aliphatic carbocycles. The Labute approximate surface area is 144 Å². The maximum absolute atomic E-state index is 12.0. The molecule has 0 saturated heterocycles. The van der Waals surface area contributed by atoms with E-state index in [9.17, 15) is 9.59 Å². The van der Waals surface area contributed by atoms with Gasteiger partial charge in [0.05, 0.1) is 0 Å². The summed E-state index contributed by atoms with van der Waals surface area (Å²) in [6, 6.07) is 10.4. The fourth-order valence-electron chi connectivity index (χ4n) is 2.02. The lowest BCUT2D eigenvalue weighted by Gasteiger charge is -2.11. The molecule has 0 unspecified atom stereocenters. The molecular formula is C17H16Cl2N2O2. The molecule has 4 nitrogen and oxygen atoms in total. The first-order valence-electron chi connectivity index (χ1n) is 6.98. The maximum atomic E-state index is 12.0. The number of hydrogen-bond donors (Lipinski definition) is 2. The number of carbonyl (C=O) groups is 2. The van der Waals surface area contributed by atoms with E-state index in [0.29, 0.717) is 21.4 Å². The first kappa shape index (κ1) is 17.3. The Morgan fingerprint density at radius 1 is 0.826 bits per heavy atom. The van der Waals surface area contributed by atoms with E-state index in [4.69, 9.17) is 23.2 Å². The molecule has 0 bridgehead atoms. The molecular weight excluding hydrogens is 335 g/mol. The van der Waals surface area contributed by atoms with E-state index in [-0.39, 0.29) is 6.42 Å². The van der Waals surface area contributed by atoms with Gasteiger partial charge in [-0.25, -0.2) is 0 Å². The van der Waals surface area contributed by atoms with Crippen molar-refractivity contribution in [3.63, 3.8) is 0 Å². The third-order valence-electron chi connectivity index (χ3n) is 3.40. The van der Waals surface area contributed by atoms with Crippen molar-refractivity contribution in [1.29, 1.82) is 0 Å². The molecule has 0 heterocycles. The Kier molecular flexibility index (Phi) is 5.64. The number of hydrogen-bond acceptors (Lipinski definition) is 2. The standard InChI is InChI=1S/C17H16Cl2N2O2/c1-10-12(18)5-3-7-14(10)20-16(22)9-17(23)21-15-8-4-6-13(19)11(15)2/h3-8H,9H2,1-2H3,(H,20,22)(H,21,23). The highest BCUT2D eigenvalue weighted by molar-refractivity contribution is 6.32. The molecule has 0 atom stereocenters. The topological polar surface area (TPSA) is 58.2 Å². The van der Waals surface area contributed by atoms with Crippen molar-refractivity contribution in [3.05, 3.63) is 57.6 Å². The predicted molar refractivity (Wildman–Crippen MR) is 94.3 cm³/mol. The molecule has 0 aromatic heterocycles. The zero-order valence-corrected chi connectivity index (χ0v) is 14.3. The molecule has 2 rings (SSSR count). The molecule has 6 heteroatoms. The molecule has 2 N–H and O–H groups in total. The van der Waals surface area contributed by atoms with Gasteiger partial charge in [-0.2, -0.15) is 0 Å². The third kappa shape index (κ3) is 4.47. The zero-order chi connectivity index (χ0) is 17.0. The smallest absolute Gasteiger partial charge is 0.233 e. The Balaban J connectivity index is 1.99. The van der Waals surface area contributed by atoms with Crippen LogP contribution in [0.15, 0.2) is 36.4 Å². The SMILES string of the molecule is Cc1c(Cl)cccc1NC(=O)CC(=O)Nc1cccc(Cl)c1C. The number of nitrogens with one attached hydrogen (secondary N) is 2. The van der Waals surface area contributed by atoms with Gasteiger partial charge in [0.15, 0.2) is 0 Å². The van der Waals surface area contributed by atoms with Crippen molar-refractivity contribution < 1.29 is 9.59 Å². The minimum Gasteiger partial charge on any atom is -0.325 e. The average molecular weight is 351 g/mol. The van der Waals surface area contributed by atoms with E-state index < -0.39 is 11.8 Å². The molecule has 0 aliphatic heterocycles. The minimum atomic E-state index is -0.410. The molecule has 120 valence electrons. The Morgan fingerprint density at radius 2 is 1.22 bits per heavy atom. The Hall–Kier alpha value is -2.04. The highest BCUT2D eigenvalue weighted by atomic mass is 35.5. The van der Waals surface area contributed by atoms with Crippen LogP contribution in [0.3, 0.4) is 0 Å². The van der Waals surface area contributed by atoms with Crippen LogP contribution in [0.4, 0.5) is 11.4 Å². The number of carbonyl (C=O) groups excluding carboxylic acids is 2. The summed E-state index contributed by atoms with van der Waals surface area (Å²) in [6.45, 7) is 3.60. The first-order valence-corrected chi connectivity index (χ1v) is 7.74. The van der Waals surface area contributed by atoms with Crippen molar-refractivity contribution in [3.8, 4) is 0 Å². The zero-order valence-electron chi connectivity index (χ0n) is 12.7. The van der Waals surface area contributed by atoms with Gasteiger partial charge in [-0.1, -0.05) is 35.3 Å². The maximum Gasteiger partial charge on any atom is 0.233 e. The number of halogens is 2. The van der Waals surface area contributed by atoms with Gasteiger partial charge < -0.3 is 10.6 Å². The molecule has 0 saturated carbocycles. The summed E-state index contributed by atoms with van der Waals surface area (Å²) in [5.74, 6) is -0.819. The van der Waals surface area contributed by atoms with E-state index in [1.54, 1.807) is 50.2 Å². The van der Waals surface area contributed by atoms with E-state index in [2.05, 4.69) is 10.6 Å². The summed E-state index contributed by atoms with van der Waals surface area (Å²) in [7, 11) is 0. The molecule has 23 heavy (non-hydrogen) atoms. The van der Waals surface area contributed by atoms with Crippen LogP contribution in [0.25, 0.3) is 0 Å². The van der Waals surface area contributed by atoms with Crippen molar-refractivity contribution in [1.82, 2.24) is 0 Å². The lowest BCUT2D eigenvalue weighted by atomic mass is 10.2. The highest BCUT2D eigenvalue weighted by Gasteiger charge is 2.13. The normalized spacial score (nSPS) is 10.3. The lowest BCUT2D eigenvalue weighted by molar-refractivity contribution is -0.123. The van der Waals surface area contributed by atoms with Crippen molar-refractivity contribution in [2.45, 2.75) is 20.3 Å². The monoisotopic (exact) mass is 350 g/mol. The number of benzene rings is 2. The summed E-state index contributed by atoms with van der Waals surface area (Å²) in [5, 5.41) is 6.48. The van der Waals surface area contributed by atoms with Crippen LogP contribution in [0, 0.1) is 13.8 Å². The summed E-state index contributed by atoms with van der Waals surface area (Å²) in [4.78, 5) is 24.0. The van der Waals surface area contributed by atoms with Crippen LogP contribution in [-0.2, 0) is 9.59 Å². The van der Waals surface area contributed by atoms with Crippen molar-refractivity contribution >= 4 is 46.4 Å². The Morgan fingerprint density at radius 3 is 1.61 bits per heavy atom. The molecule has 2 aromatic rings. The summed E-state index contributed by atoms with van der Waals surface area (Å²) >= 11 is 12.0. The van der Waals surface area contributed by atoms with Crippen LogP contribution in [0.2, 0.25) is 10.0 Å². The second kappa shape index (κ2) is 7.49. The van der Waals surface area contributed by atoms with E-state index >= 15 is 0 Å².